The maximum Gasteiger partial charge on any atom is 0.239 e. The monoisotopic (exact) mass is 441 g/mol. The number of amides is 1. The average Bonchev–Trinajstić information content (AvgIpc) is 3.33. The van der Waals surface area contributed by atoms with Crippen molar-refractivity contribution in [3.63, 3.8) is 0 Å². The third-order valence-electron chi connectivity index (χ3n) is 5.36. The van der Waals surface area contributed by atoms with E-state index in [1.807, 2.05) is 63.8 Å². The Morgan fingerprint density at radius 2 is 1.87 bits per heavy atom. The Morgan fingerprint density at radius 3 is 2.53 bits per heavy atom. The van der Waals surface area contributed by atoms with Crippen molar-refractivity contribution in [2.24, 2.45) is 0 Å². The molecule has 1 amide bonds. The number of rotatable bonds is 5. The summed E-state index contributed by atoms with van der Waals surface area (Å²) in [6, 6.07) is 17.4. The van der Waals surface area contributed by atoms with Crippen LogP contribution in [0.25, 0.3) is 17.1 Å². The normalized spacial score (nSPS) is 16.7. The van der Waals surface area contributed by atoms with Crippen molar-refractivity contribution < 1.29 is 4.79 Å². The first-order valence-electron chi connectivity index (χ1n) is 9.92. The lowest BCUT2D eigenvalue weighted by molar-refractivity contribution is -0.134. The van der Waals surface area contributed by atoms with Crippen LogP contribution in [0.1, 0.15) is 12.8 Å². The molecule has 1 aliphatic rings. The second-order valence-electron chi connectivity index (χ2n) is 7.63. The van der Waals surface area contributed by atoms with Gasteiger partial charge in [-0.3, -0.25) is 14.3 Å². The van der Waals surface area contributed by atoms with Gasteiger partial charge in [-0.2, -0.15) is 0 Å². The fourth-order valence-corrected chi connectivity index (χ4v) is 4.26. The highest BCUT2D eigenvalue weighted by Crippen LogP contribution is 2.26. The first-order chi connectivity index (χ1) is 14.5. The molecule has 1 aliphatic heterocycles. The van der Waals surface area contributed by atoms with E-state index in [9.17, 15) is 4.79 Å². The van der Waals surface area contributed by atoms with Crippen LogP contribution in [0.2, 0.25) is 5.02 Å². The molecule has 1 aromatic heterocycles. The first-order valence-corrected chi connectivity index (χ1v) is 10.7. The molecule has 3 aromatic rings. The zero-order valence-electron chi connectivity index (χ0n) is 17.0. The Labute approximate surface area is 186 Å². The second kappa shape index (κ2) is 8.71. The molecule has 1 fully saturated rings. The van der Waals surface area contributed by atoms with Crippen LogP contribution in [0, 0.1) is 4.77 Å². The minimum absolute atomic E-state index is 0.124. The third-order valence-corrected chi connectivity index (χ3v) is 6.01. The Hall–Kier alpha value is -2.48. The van der Waals surface area contributed by atoms with Crippen LogP contribution < -0.4 is 0 Å². The van der Waals surface area contributed by atoms with Crippen LogP contribution in [-0.2, 0) is 11.5 Å². The highest BCUT2D eigenvalue weighted by atomic mass is 35.5. The molecule has 1 saturated heterocycles. The van der Waals surface area contributed by atoms with Crippen molar-refractivity contribution in [3.05, 3.63) is 64.4 Å². The summed E-state index contributed by atoms with van der Waals surface area (Å²) in [5.74, 6) is 0.872. The molecule has 156 valence electrons. The molecule has 2 heterocycles. The Morgan fingerprint density at radius 1 is 1.17 bits per heavy atom. The van der Waals surface area contributed by atoms with Gasteiger partial charge in [-0.15, -0.1) is 5.10 Å². The fourth-order valence-electron chi connectivity index (χ4n) is 3.84. The van der Waals surface area contributed by atoms with Gasteiger partial charge in [0.2, 0.25) is 10.7 Å². The van der Waals surface area contributed by atoms with E-state index in [1.54, 1.807) is 19.0 Å². The van der Waals surface area contributed by atoms with Crippen molar-refractivity contribution >= 4 is 29.7 Å². The van der Waals surface area contributed by atoms with Crippen molar-refractivity contribution in [3.8, 4) is 17.1 Å². The number of likely N-dealkylation sites (N-methyl/N-ethyl adjacent to an activating group) is 1. The van der Waals surface area contributed by atoms with E-state index >= 15 is 0 Å². The van der Waals surface area contributed by atoms with Crippen LogP contribution in [0.5, 0.6) is 0 Å². The predicted molar refractivity (Wildman–Crippen MR) is 121 cm³/mol. The maximum atomic E-state index is 12.6. The topological polar surface area (TPSA) is 46.3 Å². The number of hydrogen-bond acceptors (Lipinski definition) is 4. The van der Waals surface area contributed by atoms with Gasteiger partial charge in [0.1, 0.15) is 0 Å². The van der Waals surface area contributed by atoms with Gasteiger partial charge in [0, 0.05) is 36.9 Å². The molecular weight excluding hydrogens is 418 g/mol. The van der Waals surface area contributed by atoms with E-state index in [0.29, 0.717) is 16.5 Å². The maximum absolute atomic E-state index is 12.6. The molecule has 0 saturated carbocycles. The van der Waals surface area contributed by atoms with E-state index in [0.717, 1.165) is 36.5 Å². The number of carbonyl (C=O) groups is 1. The van der Waals surface area contributed by atoms with Crippen LogP contribution in [-0.4, -0.2) is 56.7 Å². The van der Waals surface area contributed by atoms with Crippen molar-refractivity contribution in [2.75, 3.05) is 20.6 Å². The lowest BCUT2D eigenvalue weighted by atomic mass is 10.2. The van der Waals surface area contributed by atoms with Gasteiger partial charge >= 0.3 is 0 Å². The average molecular weight is 442 g/mol. The SMILES string of the molecule is CN(C)C(=O)[C@@H]1CCCN1Cn1nc(-c2ccc(Cl)cc2)n(-c2ccccc2)c1=S. The summed E-state index contributed by atoms with van der Waals surface area (Å²) in [6.45, 7) is 1.32. The summed E-state index contributed by atoms with van der Waals surface area (Å²) in [7, 11) is 3.60. The smallest absolute Gasteiger partial charge is 0.239 e. The van der Waals surface area contributed by atoms with Crippen LogP contribution in [0.15, 0.2) is 54.6 Å². The number of likely N-dealkylation sites (tertiary alicyclic amines) is 1. The molecular formula is C22H24ClN5OS. The summed E-state index contributed by atoms with van der Waals surface area (Å²) in [5.41, 5.74) is 1.87. The van der Waals surface area contributed by atoms with Crippen molar-refractivity contribution in [1.29, 1.82) is 0 Å². The molecule has 0 spiro atoms. The molecule has 0 unspecified atom stereocenters. The first kappa shape index (κ1) is 20.8. The van der Waals surface area contributed by atoms with Crippen LogP contribution >= 0.6 is 23.8 Å². The van der Waals surface area contributed by atoms with E-state index in [1.165, 1.54) is 0 Å². The second-order valence-corrected chi connectivity index (χ2v) is 8.43. The Balaban J connectivity index is 1.75. The van der Waals surface area contributed by atoms with Gasteiger partial charge < -0.3 is 4.90 Å². The van der Waals surface area contributed by atoms with Gasteiger partial charge in [0.25, 0.3) is 0 Å². The summed E-state index contributed by atoms with van der Waals surface area (Å²) in [6.07, 6.45) is 1.84. The van der Waals surface area contributed by atoms with Gasteiger partial charge in [-0.25, -0.2) is 4.68 Å². The minimum Gasteiger partial charge on any atom is -0.347 e. The van der Waals surface area contributed by atoms with Gasteiger partial charge in [-0.05, 0) is 61.5 Å². The predicted octanol–water partition coefficient (Wildman–Crippen LogP) is 4.23. The zero-order chi connectivity index (χ0) is 21.3. The number of hydrogen-bond donors (Lipinski definition) is 0. The van der Waals surface area contributed by atoms with E-state index in [4.69, 9.17) is 28.9 Å². The molecule has 0 N–H and O–H groups in total. The highest BCUT2D eigenvalue weighted by molar-refractivity contribution is 7.71. The number of nitrogens with zero attached hydrogens (tertiary/aromatic N) is 5. The third kappa shape index (κ3) is 4.05. The molecule has 0 aliphatic carbocycles. The Bertz CT molecular complexity index is 1090. The largest absolute Gasteiger partial charge is 0.347 e. The zero-order valence-corrected chi connectivity index (χ0v) is 18.6. The van der Waals surface area contributed by atoms with Crippen molar-refractivity contribution in [1.82, 2.24) is 24.1 Å². The molecule has 4 rings (SSSR count). The van der Waals surface area contributed by atoms with E-state index in [-0.39, 0.29) is 11.9 Å². The summed E-state index contributed by atoms with van der Waals surface area (Å²) >= 11 is 11.9. The quantitative estimate of drug-likeness (QED) is 0.556. The van der Waals surface area contributed by atoms with E-state index < -0.39 is 0 Å². The van der Waals surface area contributed by atoms with Gasteiger partial charge in [0.15, 0.2) is 5.82 Å². The van der Waals surface area contributed by atoms with E-state index in [2.05, 4.69) is 4.90 Å². The fraction of sp³-hybridized carbons (Fsp3) is 0.318. The van der Waals surface area contributed by atoms with Crippen LogP contribution in [0.3, 0.4) is 0 Å². The number of halogens is 1. The molecule has 6 nitrogen and oxygen atoms in total. The summed E-state index contributed by atoms with van der Waals surface area (Å²) in [4.78, 5) is 16.4. The van der Waals surface area contributed by atoms with Crippen LogP contribution in [0.4, 0.5) is 0 Å². The number of benzene rings is 2. The number of carbonyl (C=O) groups excluding carboxylic acids is 1. The highest BCUT2D eigenvalue weighted by Gasteiger charge is 2.32. The number of para-hydroxylation sites is 1. The standard InChI is InChI=1S/C22H24ClN5OS/c1-25(2)21(29)19-9-6-14-26(19)15-27-22(30)28(18-7-4-3-5-8-18)20(24-27)16-10-12-17(23)13-11-16/h3-5,7-8,10-13,19H,6,9,14-15H2,1-2H3/t19-/m0/s1. The van der Waals surface area contributed by atoms with Gasteiger partial charge in [0.05, 0.1) is 12.7 Å². The van der Waals surface area contributed by atoms with Crippen molar-refractivity contribution in [2.45, 2.75) is 25.6 Å². The molecule has 0 bridgehead atoms. The molecule has 1 atom stereocenters. The minimum atomic E-state index is -0.136. The lowest BCUT2D eigenvalue weighted by Crippen LogP contribution is -2.43. The molecule has 2 aromatic carbocycles. The number of aromatic nitrogens is 3. The molecule has 0 radical (unpaired) electrons. The lowest BCUT2D eigenvalue weighted by Gasteiger charge is -2.25. The Kier molecular flexibility index (Phi) is 6.04. The summed E-state index contributed by atoms with van der Waals surface area (Å²) < 4.78 is 4.37. The van der Waals surface area contributed by atoms with Gasteiger partial charge in [-0.1, -0.05) is 29.8 Å². The molecule has 8 heteroatoms. The summed E-state index contributed by atoms with van der Waals surface area (Å²) in [5, 5.41) is 5.53. The molecule has 30 heavy (non-hydrogen) atoms.